The van der Waals surface area contributed by atoms with Gasteiger partial charge in [0.05, 0.1) is 0 Å². The normalized spacial score (nSPS) is 18.8. The molecule has 2 aliphatic rings. The Morgan fingerprint density at radius 1 is 1.33 bits per heavy atom. The van der Waals surface area contributed by atoms with Crippen molar-refractivity contribution in [3.63, 3.8) is 0 Å². The fourth-order valence-electron chi connectivity index (χ4n) is 2.37. The molecule has 0 aromatic carbocycles. The van der Waals surface area contributed by atoms with Gasteiger partial charge in [0.2, 0.25) is 0 Å². The molecule has 1 heterocycles. The van der Waals surface area contributed by atoms with E-state index in [1.807, 2.05) is 6.07 Å². The van der Waals surface area contributed by atoms with Crippen LogP contribution in [0.2, 0.25) is 0 Å². The summed E-state index contributed by atoms with van der Waals surface area (Å²) >= 11 is 3.46. The molecule has 1 aromatic heterocycles. The summed E-state index contributed by atoms with van der Waals surface area (Å²) in [6.45, 7) is 0.972. The van der Waals surface area contributed by atoms with Crippen LogP contribution in [0.4, 0.5) is 5.82 Å². The van der Waals surface area contributed by atoms with E-state index in [4.69, 9.17) is 0 Å². The molecule has 0 amide bonds. The number of nitrogens with one attached hydrogen (secondary N) is 1. The molecule has 0 unspecified atom stereocenters. The SMILES string of the molecule is Brc1cc(NCCC2=CCCC2)nc(C2CC2)n1. The molecule has 3 nitrogen and oxygen atoms in total. The van der Waals surface area contributed by atoms with Gasteiger partial charge in [0.25, 0.3) is 0 Å². The number of hydrogen-bond acceptors (Lipinski definition) is 3. The van der Waals surface area contributed by atoms with Crippen molar-refractivity contribution in [2.24, 2.45) is 0 Å². The van der Waals surface area contributed by atoms with Crippen molar-refractivity contribution in [2.45, 2.75) is 44.4 Å². The molecule has 1 aromatic rings. The summed E-state index contributed by atoms with van der Waals surface area (Å²) in [5.41, 5.74) is 1.60. The molecule has 3 rings (SSSR count). The Morgan fingerprint density at radius 3 is 2.94 bits per heavy atom. The topological polar surface area (TPSA) is 37.8 Å². The average molecular weight is 308 g/mol. The van der Waals surface area contributed by atoms with Crippen LogP contribution >= 0.6 is 15.9 Å². The van der Waals surface area contributed by atoms with Gasteiger partial charge in [-0.2, -0.15) is 0 Å². The van der Waals surface area contributed by atoms with Crippen LogP contribution in [-0.2, 0) is 0 Å². The number of nitrogens with zero attached hydrogens (tertiary/aromatic N) is 2. The van der Waals surface area contributed by atoms with E-state index >= 15 is 0 Å². The Hall–Kier alpha value is -0.900. The smallest absolute Gasteiger partial charge is 0.135 e. The quantitative estimate of drug-likeness (QED) is 0.659. The number of allylic oxidation sites excluding steroid dienone is 1. The predicted octanol–water partition coefficient (Wildman–Crippen LogP) is 4.03. The summed E-state index contributed by atoms with van der Waals surface area (Å²) < 4.78 is 0.891. The first-order valence-corrected chi connectivity index (χ1v) is 7.57. The number of anilines is 1. The van der Waals surface area contributed by atoms with Crippen LogP contribution in [0.25, 0.3) is 0 Å². The number of hydrogen-bond donors (Lipinski definition) is 1. The average Bonchev–Trinajstić information content (AvgIpc) is 3.08. The van der Waals surface area contributed by atoms with Crippen LogP contribution in [0, 0.1) is 0 Å². The van der Waals surface area contributed by atoms with Crippen LogP contribution < -0.4 is 5.32 Å². The maximum Gasteiger partial charge on any atom is 0.135 e. The second-order valence-corrected chi connectivity index (χ2v) is 5.95. The van der Waals surface area contributed by atoms with Crippen LogP contribution in [0.3, 0.4) is 0 Å². The summed E-state index contributed by atoms with van der Waals surface area (Å²) in [6, 6.07) is 1.97. The Bertz CT molecular complexity index is 466. The highest BCUT2D eigenvalue weighted by molar-refractivity contribution is 9.10. The number of aromatic nitrogens is 2. The molecule has 1 N–H and O–H groups in total. The molecule has 0 radical (unpaired) electrons. The van der Waals surface area contributed by atoms with E-state index in [9.17, 15) is 0 Å². The number of halogens is 1. The minimum atomic E-state index is 0.598. The first-order chi connectivity index (χ1) is 8.81. The molecule has 0 saturated heterocycles. The van der Waals surface area contributed by atoms with Gasteiger partial charge in [-0.05, 0) is 54.5 Å². The molecule has 0 atom stereocenters. The summed E-state index contributed by atoms with van der Waals surface area (Å²) in [7, 11) is 0. The van der Waals surface area contributed by atoms with Crippen molar-refractivity contribution in [3.05, 3.63) is 28.1 Å². The highest BCUT2D eigenvalue weighted by Gasteiger charge is 2.27. The van der Waals surface area contributed by atoms with E-state index in [-0.39, 0.29) is 0 Å². The lowest BCUT2D eigenvalue weighted by Gasteiger charge is -2.08. The van der Waals surface area contributed by atoms with Crippen molar-refractivity contribution in [3.8, 4) is 0 Å². The lowest BCUT2D eigenvalue weighted by Crippen LogP contribution is -2.06. The van der Waals surface area contributed by atoms with Crippen LogP contribution in [0.1, 0.15) is 50.3 Å². The van der Waals surface area contributed by atoms with Crippen LogP contribution in [-0.4, -0.2) is 16.5 Å². The van der Waals surface area contributed by atoms with Gasteiger partial charge < -0.3 is 5.32 Å². The van der Waals surface area contributed by atoms with Crippen molar-refractivity contribution >= 4 is 21.7 Å². The van der Waals surface area contributed by atoms with Gasteiger partial charge in [-0.25, -0.2) is 9.97 Å². The first kappa shape index (κ1) is 12.2. The third kappa shape index (κ3) is 3.10. The third-order valence-electron chi connectivity index (χ3n) is 3.54. The largest absolute Gasteiger partial charge is 0.370 e. The Labute approximate surface area is 116 Å². The van der Waals surface area contributed by atoms with Gasteiger partial charge in [0, 0.05) is 18.5 Å². The van der Waals surface area contributed by atoms with Gasteiger partial charge >= 0.3 is 0 Å². The molecular weight excluding hydrogens is 290 g/mol. The molecular formula is C14H18BrN3. The lowest BCUT2D eigenvalue weighted by atomic mass is 10.2. The fraction of sp³-hybridized carbons (Fsp3) is 0.571. The monoisotopic (exact) mass is 307 g/mol. The lowest BCUT2D eigenvalue weighted by molar-refractivity contribution is 0.857. The van der Waals surface area contributed by atoms with Gasteiger partial charge in [-0.1, -0.05) is 11.6 Å². The van der Waals surface area contributed by atoms with E-state index in [0.717, 1.165) is 29.2 Å². The van der Waals surface area contributed by atoms with E-state index < -0.39 is 0 Å². The molecule has 4 heteroatoms. The van der Waals surface area contributed by atoms with E-state index in [2.05, 4.69) is 37.3 Å². The van der Waals surface area contributed by atoms with Crippen molar-refractivity contribution < 1.29 is 0 Å². The molecule has 0 aliphatic heterocycles. The third-order valence-corrected chi connectivity index (χ3v) is 3.95. The van der Waals surface area contributed by atoms with Crippen LogP contribution in [0.15, 0.2) is 22.3 Å². The highest BCUT2D eigenvalue weighted by atomic mass is 79.9. The molecule has 0 spiro atoms. The fourth-order valence-corrected chi connectivity index (χ4v) is 2.76. The Kier molecular flexibility index (Phi) is 3.64. The molecule has 1 saturated carbocycles. The number of rotatable bonds is 5. The van der Waals surface area contributed by atoms with Crippen molar-refractivity contribution in [2.75, 3.05) is 11.9 Å². The van der Waals surface area contributed by atoms with E-state index in [1.165, 1.54) is 32.1 Å². The first-order valence-electron chi connectivity index (χ1n) is 6.77. The second-order valence-electron chi connectivity index (χ2n) is 5.14. The molecule has 18 heavy (non-hydrogen) atoms. The van der Waals surface area contributed by atoms with Crippen molar-refractivity contribution in [1.29, 1.82) is 0 Å². The van der Waals surface area contributed by atoms with E-state index in [1.54, 1.807) is 5.57 Å². The molecule has 1 fully saturated rings. The molecule has 96 valence electrons. The van der Waals surface area contributed by atoms with Crippen LogP contribution in [0.5, 0.6) is 0 Å². The van der Waals surface area contributed by atoms with Gasteiger partial charge in [0.1, 0.15) is 16.2 Å². The standard InChI is InChI=1S/C14H18BrN3/c15-12-9-13(18-14(17-12)11-5-6-11)16-8-7-10-3-1-2-4-10/h3,9,11H,1-2,4-8H2,(H,16,17,18). The second kappa shape index (κ2) is 5.39. The Morgan fingerprint density at radius 2 is 2.22 bits per heavy atom. The van der Waals surface area contributed by atoms with Crippen molar-refractivity contribution in [1.82, 2.24) is 9.97 Å². The van der Waals surface area contributed by atoms with Gasteiger partial charge in [0.15, 0.2) is 0 Å². The van der Waals surface area contributed by atoms with Gasteiger partial charge in [-0.15, -0.1) is 0 Å². The van der Waals surface area contributed by atoms with E-state index in [0.29, 0.717) is 5.92 Å². The summed E-state index contributed by atoms with van der Waals surface area (Å²) in [6.07, 6.45) is 9.88. The molecule has 2 aliphatic carbocycles. The minimum absolute atomic E-state index is 0.598. The molecule has 0 bridgehead atoms. The zero-order valence-corrected chi connectivity index (χ0v) is 12.0. The minimum Gasteiger partial charge on any atom is -0.370 e. The summed E-state index contributed by atoms with van der Waals surface area (Å²) in [5, 5.41) is 3.41. The summed E-state index contributed by atoms with van der Waals surface area (Å²) in [5.74, 6) is 2.55. The maximum absolute atomic E-state index is 4.59. The Balaban J connectivity index is 1.57. The highest BCUT2D eigenvalue weighted by Crippen LogP contribution is 2.38. The maximum atomic E-state index is 4.59. The summed E-state index contributed by atoms with van der Waals surface area (Å²) in [4.78, 5) is 9.02. The van der Waals surface area contributed by atoms with Gasteiger partial charge in [-0.3, -0.25) is 0 Å². The zero-order chi connectivity index (χ0) is 12.4. The predicted molar refractivity (Wildman–Crippen MR) is 76.7 cm³/mol. The zero-order valence-electron chi connectivity index (χ0n) is 10.5.